The molecule has 0 saturated carbocycles. The fourth-order valence-corrected chi connectivity index (χ4v) is 2.41. The molecule has 1 unspecified atom stereocenters. The number of hydrogen-bond donors (Lipinski definition) is 2. The standard InChI is InChI=1S/C14H18N2O3/c17-14(16-9-10-3-4-15-8-10)11-1-2-12-13(7-11)19-6-5-18-12/h1-2,7,10,15H,3-6,8-9H2,(H,16,17). The summed E-state index contributed by atoms with van der Waals surface area (Å²) in [4.78, 5) is 12.1. The number of hydrogen-bond acceptors (Lipinski definition) is 4. The van der Waals surface area contributed by atoms with Gasteiger partial charge in [0.05, 0.1) is 0 Å². The van der Waals surface area contributed by atoms with Gasteiger partial charge < -0.3 is 20.1 Å². The van der Waals surface area contributed by atoms with Crippen molar-refractivity contribution >= 4 is 5.91 Å². The third-order valence-electron chi connectivity index (χ3n) is 3.52. The molecule has 2 aliphatic heterocycles. The first-order chi connectivity index (χ1) is 9.33. The summed E-state index contributed by atoms with van der Waals surface area (Å²) in [5.41, 5.74) is 0.621. The molecular weight excluding hydrogens is 244 g/mol. The molecule has 2 heterocycles. The smallest absolute Gasteiger partial charge is 0.251 e. The molecular formula is C14H18N2O3. The lowest BCUT2D eigenvalue weighted by Crippen LogP contribution is -2.30. The van der Waals surface area contributed by atoms with E-state index in [0.717, 1.165) is 26.1 Å². The van der Waals surface area contributed by atoms with E-state index in [1.807, 2.05) is 0 Å². The number of carbonyl (C=O) groups excluding carboxylic acids is 1. The molecule has 1 amide bonds. The maximum absolute atomic E-state index is 12.1. The topological polar surface area (TPSA) is 59.6 Å². The Bertz CT molecular complexity index is 470. The summed E-state index contributed by atoms with van der Waals surface area (Å²) in [6, 6.07) is 5.31. The van der Waals surface area contributed by atoms with Crippen LogP contribution in [0.25, 0.3) is 0 Å². The van der Waals surface area contributed by atoms with Gasteiger partial charge in [-0.3, -0.25) is 4.79 Å². The van der Waals surface area contributed by atoms with Crippen LogP contribution in [0, 0.1) is 5.92 Å². The van der Waals surface area contributed by atoms with Gasteiger partial charge in [-0.1, -0.05) is 0 Å². The lowest BCUT2D eigenvalue weighted by molar-refractivity contribution is 0.0947. The number of benzene rings is 1. The van der Waals surface area contributed by atoms with Crippen molar-refractivity contribution in [3.63, 3.8) is 0 Å². The summed E-state index contributed by atoms with van der Waals surface area (Å²) >= 11 is 0. The Morgan fingerprint density at radius 1 is 1.32 bits per heavy atom. The molecule has 1 aromatic carbocycles. The third kappa shape index (κ3) is 2.81. The molecule has 1 fully saturated rings. The van der Waals surface area contributed by atoms with Gasteiger partial charge in [-0.05, 0) is 43.6 Å². The zero-order valence-corrected chi connectivity index (χ0v) is 10.8. The predicted octanol–water partition coefficient (Wildman–Crippen LogP) is 0.797. The Balaban J connectivity index is 1.62. The van der Waals surface area contributed by atoms with Gasteiger partial charge in [0.25, 0.3) is 5.91 Å². The van der Waals surface area contributed by atoms with Crippen molar-refractivity contribution in [3.05, 3.63) is 23.8 Å². The van der Waals surface area contributed by atoms with E-state index in [-0.39, 0.29) is 5.91 Å². The van der Waals surface area contributed by atoms with Crippen LogP contribution >= 0.6 is 0 Å². The predicted molar refractivity (Wildman–Crippen MR) is 70.7 cm³/mol. The van der Waals surface area contributed by atoms with Crippen molar-refractivity contribution in [2.24, 2.45) is 5.92 Å². The highest BCUT2D eigenvalue weighted by molar-refractivity contribution is 5.94. The second-order valence-electron chi connectivity index (χ2n) is 4.93. The summed E-state index contributed by atoms with van der Waals surface area (Å²) in [6.07, 6.45) is 1.13. The van der Waals surface area contributed by atoms with Crippen molar-refractivity contribution < 1.29 is 14.3 Å². The molecule has 1 aromatic rings. The van der Waals surface area contributed by atoms with Crippen LogP contribution in [0.5, 0.6) is 11.5 Å². The van der Waals surface area contributed by atoms with E-state index in [1.54, 1.807) is 18.2 Å². The minimum atomic E-state index is -0.0520. The molecule has 0 spiro atoms. The van der Waals surface area contributed by atoms with Crippen LogP contribution in [0.3, 0.4) is 0 Å². The SMILES string of the molecule is O=C(NCC1CCNC1)c1ccc2c(c1)OCCO2. The Morgan fingerprint density at radius 3 is 2.95 bits per heavy atom. The fourth-order valence-electron chi connectivity index (χ4n) is 2.41. The molecule has 3 rings (SSSR count). The average Bonchev–Trinajstić information content (AvgIpc) is 2.97. The van der Waals surface area contributed by atoms with Gasteiger partial charge in [-0.25, -0.2) is 0 Å². The van der Waals surface area contributed by atoms with E-state index in [2.05, 4.69) is 10.6 Å². The van der Waals surface area contributed by atoms with Gasteiger partial charge in [0.15, 0.2) is 11.5 Å². The number of fused-ring (bicyclic) bond motifs is 1. The normalized spacial score (nSPS) is 21.2. The first-order valence-electron chi connectivity index (χ1n) is 6.71. The van der Waals surface area contributed by atoms with Crippen molar-refractivity contribution in [1.29, 1.82) is 0 Å². The lowest BCUT2D eigenvalue weighted by atomic mass is 10.1. The van der Waals surface area contributed by atoms with Crippen LogP contribution in [-0.4, -0.2) is 38.8 Å². The molecule has 5 heteroatoms. The Labute approximate surface area is 112 Å². The van der Waals surface area contributed by atoms with E-state index < -0.39 is 0 Å². The summed E-state index contributed by atoms with van der Waals surface area (Å²) in [5.74, 6) is 1.86. The zero-order chi connectivity index (χ0) is 13.1. The third-order valence-corrected chi connectivity index (χ3v) is 3.52. The molecule has 0 aromatic heterocycles. The van der Waals surface area contributed by atoms with E-state index >= 15 is 0 Å². The van der Waals surface area contributed by atoms with Crippen molar-refractivity contribution in [1.82, 2.24) is 10.6 Å². The molecule has 1 atom stereocenters. The van der Waals surface area contributed by atoms with E-state index in [4.69, 9.17) is 9.47 Å². The van der Waals surface area contributed by atoms with Gasteiger partial charge in [0.1, 0.15) is 13.2 Å². The lowest BCUT2D eigenvalue weighted by Gasteiger charge is -2.19. The van der Waals surface area contributed by atoms with Crippen LogP contribution in [0.1, 0.15) is 16.8 Å². The molecule has 0 radical (unpaired) electrons. The first kappa shape index (κ1) is 12.3. The summed E-state index contributed by atoms with van der Waals surface area (Å²) in [6.45, 7) is 3.85. The van der Waals surface area contributed by atoms with Gasteiger partial charge in [0.2, 0.25) is 0 Å². The van der Waals surface area contributed by atoms with Crippen molar-refractivity contribution in [2.75, 3.05) is 32.8 Å². The number of nitrogens with one attached hydrogen (secondary N) is 2. The number of carbonyl (C=O) groups is 1. The van der Waals surface area contributed by atoms with Crippen LogP contribution in [0.15, 0.2) is 18.2 Å². The van der Waals surface area contributed by atoms with Crippen LogP contribution < -0.4 is 20.1 Å². The number of rotatable bonds is 3. The van der Waals surface area contributed by atoms with E-state index in [1.165, 1.54) is 0 Å². The molecule has 5 nitrogen and oxygen atoms in total. The Kier molecular flexibility index (Phi) is 3.55. The van der Waals surface area contributed by atoms with E-state index in [9.17, 15) is 4.79 Å². The van der Waals surface area contributed by atoms with Gasteiger partial charge >= 0.3 is 0 Å². The average molecular weight is 262 g/mol. The summed E-state index contributed by atoms with van der Waals surface area (Å²) in [5, 5.41) is 6.26. The Hall–Kier alpha value is -1.75. The summed E-state index contributed by atoms with van der Waals surface area (Å²) < 4.78 is 10.9. The van der Waals surface area contributed by atoms with Gasteiger partial charge in [-0.15, -0.1) is 0 Å². The first-order valence-corrected chi connectivity index (χ1v) is 6.71. The highest BCUT2D eigenvalue weighted by Gasteiger charge is 2.17. The highest BCUT2D eigenvalue weighted by atomic mass is 16.6. The van der Waals surface area contributed by atoms with E-state index in [0.29, 0.717) is 36.2 Å². The second kappa shape index (κ2) is 5.48. The fraction of sp³-hybridized carbons (Fsp3) is 0.500. The number of amides is 1. The van der Waals surface area contributed by atoms with Crippen LogP contribution in [0.2, 0.25) is 0 Å². The molecule has 102 valence electrons. The minimum absolute atomic E-state index is 0.0520. The Morgan fingerprint density at radius 2 is 2.16 bits per heavy atom. The molecule has 19 heavy (non-hydrogen) atoms. The molecule has 0 bridgehead atoms. The van der Waals surface area contributed by atoms with Gasteiger partial charge in [0, 0.05) is 12.1 Å². The highest BCUT2D eigenvalue weighted by Crippen LogP contribution is 2.30. The number of ether oxygens (including phenoxy) is 2. The molecule has 2 N–H and O–H groups in total. The quantitative estimate of drug-likeness (QED) is 0.846. The van der Waals surface area contributed by atoms with Crippen molar-refractivity contribution in [3.8, 4) is 11.5 Å². The zero-order valence-electron chi connectivity index (χ0n) is 10.8. The maximum Gasteiger partial charge on any atom is 0.251 e. The minimum Gasteiger partial charge on any atom is -0.486 e. The van der Waals surface area contributed by atoms with Gasteiger partial charge in [-0.2, -0.15) is 0 Å². The second-order valence-corrected chi connectivity index (χ2v) is 4.93. The summed E-state index contributed by atoms with van der Waals surface area (Å²) in [7, 11) is 0. The van der Waals surface area contributed by atoms with Crippen LogP contribution in [0.4, 0.5) is 0 Å². The monoisotopic (exact) mass is 262 g/mol. The molecule has 0 aliphatic carbocycles. The van der Waals surface area contributed by atoms with Crippen molar-refractivity contribution in [2.45, 2.75) is 6.42 Å². The maximum atomic E-state index is 12.1. The van der Waals surface area contributed by atoms with Crippen LogP contribution in [-0.2, 0) is 0 Å². The molecule has 2 aliphatic rings. The largest absolute Gasteiger partial charge is 0.486 e. The molecule has 1 saturated heterocycles.